The number of aromatic nitrogens is 2. The van der Waals surface area contributed by atoms with Gasteiger partial charge in [0.1, 0.15) is 0 Å². The number of hydrogen-bond donors (Lipinski definition) is 2. The number of benzene rings is 2. The molecule has 2 N–H and O–H groups in total. The molecule has 4 rings (SSSR count). The molecule has 1 amide bonds. The van der Waals surface area contributed by atoms with Crippen LogP contribution in [0, 0.1) is 6.92 Å². The molecule has 0 radical (unpaired) electrons. The maximum absolute atomic E-state index is 12.7. The van der Waals surface area contributed by atoms with Crippen molar-refractivity contribution in [3.63, 3.8) is 0 Å². The van der Waals surface area contributed by atoms with Gasteiger partial charge in [-0.05, 0) is 68.2 Å². The molecule has 1 fully saturated rings. The maximum atomic E-state index is 12.7. The van der Waals surface area contributed by atoms with Gasteiger partial charge in [0.2, 0.25) is 0 Å². The molecule has 7 heteroatoms. The van der Waals surface area contributed by atoms with Gasteiger partial charge in [0.05, 0.1) is 5.69 Å². The molecule has 0 atom stereocenters. The molecule has 2 aromatic carbocycles. The second-order valence-corrected chi connectivity index (χ2v) is 7.96. The number of rotatable bonds is 5. The number of carbonyl (C=O) groups excluding carboxylic acids is 1. The minimum Gasteiger partial charge on any atom is -0.505 e. The molecule has 0 saturated carbocycles. The Kier molecular flexibility index (Phi) is 6.13. The highest BCUT2D eigenvalue weighted by Crippen LogP contribution is 2.18. The highest BCUT2D eigenvalue weighted by Gasteiger charge is 2.17. The third-order valence-corrected chi connectivity index (χ3v) is 5.44. The predicted octanol–water partition coefficient (Wildman–Crippen LogP) is 3.48. The van der Waals surface area contributed by atoms with Crippen molar-refractivity contribution in [2.24, 2.45) is 0 Å². The summed E-state index contributed by atoms with van der Waals surface area (Å²) in [7, 11) is 0. The predicted molar refractivity (Wildman–Crippen MR) is 120 cm³/mol. The lowest BCUT2D eigenvalue weighted by atomic mass is 10.1. The molecule has 0 aliphatic carbocycles. The maximum Gasteiger partial charge on any atom is 0.279 e. The molecular formula is C24H26N4O3. The van der Waals surface area contributed by atoms with Gasteiger partial charge in [0.15, 0.2) is 11.4 Å². The summed E-state index contributed by atoms with van der Waals surface area (Å²) >= 11 is 0. The van der Waals surface area contributed by atoms with Gasteiger partial charge in [-0.1, -0.05) is 30.7 Å². The average Bonchev–Trinajstić information content (AvgIpc) is 2.76. The zero-order chi connectivity index (χ0) is 21.8. The van der Waals surface area contributed by atoms with Gasteiger partial charge < -0.3 is 10.4 Å². The number of anilines is 1. The lowest BCUT2D eigenvalue weighted by Gasteiger charge is -2.26. The van der Waals surface area contributed by atoms with Crippen molar-refractivity contribution in [3.05, 3.63) is 81.8 Å². The number of aromatic hydroxyl groups is 1. The Morgan fingerprint density at radius 3 is 2.52 bits per heavy atom. The number of piperidine rings is 1. The van der Waals surface area contributed by atoms with E-state index in [0.29, 0.717) is 11.4 Å². The number of amides is 1. The monoisotopic (exact) mass is 418 g/mol. The minimum absolute atomic E-state index is 0.210. The highest BCUT2D eigenvalue weighted by molar-refractivity contribution is 6.04. The normalized spacial score (nSPS) is 14.4. The molecule has 0 spiro atoms. The number of nitrogens with zero attached hydrogens (tertiary/aromatic N) is 3. The molecule has 1 aromatic heterocycles. The topological polar surface area (TPSA) is 87.5 Å². The van der Waals surface area contributed by atoms with E-state index in [0.717, 1.165) is 35.9 Å². The fourth-order valence-electron chi connectivity index (χ4n) is 3.81. The van der Waals surface area contributed by atoms with E-state index in [1.807, 2.05) is 37.3 Å². The van der Waals surface area contributed by atoms with Crippen LogP contribution in [0.25, 0.3) is 5.69 Å². The SMILES string of the molecule is Cc1cccc(-n2nc(C(=O)Nc3ccc(CN4CCCCC4)cc3)c(O)cc2=O)c1. The Hall–Kier alpha value is -3.45. The van der Waals surface area contributed by atoms with Crippen molar-refractivity contribution >= 4 is 11.6 Å². The molecule has 0 bridgehead atoms. The zero-order valence-electron chi connectivity index (χ0n) is 17.5. The summed E-state index contributed by atoms with van der Waals surface area (Å²) in [5, 5.41) is 17.0. The van der Waals surface area contributed by atoms with E-state index >= 15 is 0 Å². The van der Waals surface area contributed by atoms with Crippen LogP contribution >= 0.6 is 0 Å². The highest BCUT2D eigenvalue weighted by atomic mass is 16.3. The Bertz CT molecular complexity index is 1130. The lowest BCUT2D eigenvalue weighted by Crippen LogP contribution is -2.29. The van der Waals surface area contributed by atoms with Gasteiger partial charge in [-0.25, -0.2) is 0 Å². The molecule has 1 saturated heterocycles. The first-order valence-corrected chi connectivity index (χ1v) is 10.5. The summed E-state index contributed by atoms with van der Waals surface area (Å²) in [6.07, 6.45) is 3.80. The largest absolute Gasteiger partial charge is 0.505 e. The Balaban J connectivity index is 1.50. The fraction of sp³-hybridized carbons (Fsp3) is 0.292. The van der Waals surface area contributed by atoms with Gasteiger partial charge in [-0.2, -0.15) is 9.78 Å². The van der Waals surface area contributed by atoms with Crippen LogP contribution in [0.5, 0.6) is 5.75 Å². The van der Waals surface area contributed by atoms with Gasteiger partial charge in [0.25, 0.3) is 11.5 Å². The van der Waals surface area contributed by atoms with E-state index in [4.69, 9.17) is 0 Å². The summed E-state index contributed by atoms with van der Waals surface area (Å²) in [5.41, 5.74) is 2.55. The molecule has 0 unspecified atom stereocenters. The first-order chi connectivity index (χ1) is 15.0. The number of likely N-dealkylation sites (tertiary alicyclic amines) is 1. The zero-order valence-corrected chi connectivity index (χ0v) is 17.5. The van der Waals surface area contributed by atoms with Crippen LogP contribution in [-0.2, 0) is 6.54 Å². The van der Waals surface area contributed by atoms with Crippen molar-refractivity contribution in [2.45, 2.75) is 32.7 Å². The van der Waals surface area contributed by atoms with Crippen molar-refractivity contribution in [1.29, 1.82) is 0 Å². The molecule has 2 heterocycles. The van der Waals surface area contributed by atoms with Gasteiger partial charge in [-0.15, -0.1) is 0 Å². The Labute approximate surface area is 181 Å². The van der Waals surface area contributed by atoms with E-state index in [1.165, 1.54) is 24.8 Å². The van der Waals surface area contributed by atoms with Crippen LogP contribution < -0.4 is 10.9 Å². The van der Waals surface area contributed by atoms with Crippen LogP contribution in [-0.4, -0.2) is 38.8 Å². The van der Waals surface area contributed by atoms with Gasteiger partial charge in [0, 0.05) is 18.3 Å². The van der Waals surface area contributed by atoms with Crippen molar-refractivity contribution in [1.82, 2.24) is 14.7 Å². The third kappa shape index (κ3) is 5.00. The standard InChI is InChI=1S/C24H26N4O3/c1-17-6-5-7-20(14-17)28-22(30)15-21(29)23(26-28)24(31)25-19-10-8-18(9-11-19)16-27-12-3-2-4-13-27/h5-11,14-15,29H,2-4,12-13,16H2,1H3,(H,25,31). The van der Waals surface area contributed by atoms with Crippen LogP contribution in [0.4, 0.5) is 5.69 Å². The Morgan fingerprint density at radius 2 is 1.81 bits per heavy atom. The molecule has 1 aliphatic rings. The van der Waals surface area contributed by atoms with Crippen LogP contribution in [0.2, 0.25) is 0 Å². The number of carbonyl (C=O) groups is 1. The second kappa shape index (κ2) is 9.14. The number of hydrogen-bond acceptors (Lipinski definition) is 5. The van der Waals surface area contributed by atoms with Crippen LogP contribution in [0.3, 0.4) is 0 Å². The first-order valence-electron chi connectivity index (χ1n) is 10.5. The molecule has 160 valence electrons. The van der Waals surface area contributed by atoms with E-state index in [9.17, 15) is 14.7 Å². The number of aryl methyl sites for hydroxylation is 1. The van der Waals surface area contributed by atoms with Gasteiger partial charge in [-0.3, -0.25) is 14.5 Å². The molecule has 3 aromatic rings. The summed E-state index contributed by atoms with van der Waals surface area (Å²) in [6, 6.07) is 15.9. The molecule has 31 heavy (non-hydrogen) atoms. The van der Waals surface area contributed by atoms with Crippen LogP contribution in [0.1, 0.15) is 40.9 Å². The minimum atomic E-state index is -0.581. The second-order valence-electron chi connectivity index (χ2n) is 7.96. The van der Waals surface area contributed by atoms with Crippen LogP contribution in [0.15, 0.2) is 59.4 Å². The molecule has 7 nitrogen and oxygen atoms in total. The third-order valence-electron chi connectivity index (χ3n) is 5.44. The molecule has 1 aliphatic heterocycles. The van der Waals surface area contributed by atoms with Crippen molar-refractivity contribution in [3.8, 4) is 11.4 Å². The summed E-state index contributed by atoms with van der Waals surface area (Å²) in [5.74, 6) is -1.03. The summed E-state index contributed by atoms with van der Waals surface area (Å²) < 4.78 is 1.11. The van der Waals surface area contributed by atoms with Crippen molar-refractivity contribution < 1.29 is 9.90 Å². The smallest absolute Gasteiger partial charge is 0.279 e. The number of nitrogens with one attached hydrogen (secondary N) is 1. The summed E-state index contributed by atoms with van der Waals surface area (Å²) in [4.78, 5) is 27.5. The molecular weight excluding hydrogens is 392 g/mol. The first kappa shape index (κ1) is 20.8. The summed E-state index contributed by atoms with van der Waals surface area (Å²) in [6.45, 7) is 5.05. The average molecular weight is 418 g/mol. The van der Waals surface area contributed by atoms with Gasteiger partial charge >= 0.3 is 0 Å². The fourth-order valence-corrected chi connectivity index (χ4v) is 3.81. The lowest BCUT2D eigenvalue weighted by molar-refractivity contribution is 0.101. The van der Waals surface area contributed by atoms with Crippen molar-refractivity contribution in [2.75, 3.05) is 18.4 Å². The van der Waals surface area contributed by atoms with E-state index in [-0.39, 0.29) is 5.69 Å². The Morgan fingerprint density at radius 1 is 1.06 bits per heavy atom. The van der Waals surface area contributed by atoms with E-state index in [1.54, 1.807) is 18.2 Å². The quantitative estimate of drug-likeness (QED) is 0.662. The van der Waals surface area contributed by atoms with E-state index < -0.39 is 17.2 Å². The van der Waals surface area contributed by atoms with E-state index in [2.05, 4.69) is 15.3 Å².